The fourth-order valence-corrected chi connectivity index (χ4v) is 8.89. The molecule has 0 aromatic rings. The van der Waals surface area contributed by atoms with Gasteiger partial charge in [-0.3, -0.25) is 9.59 Å². The van der Waals surface area contributed by atoms with Gasteiger partial charge >= 0.3 is 5.97 Å². The first-order valence-corrected chi connectivity index (χ1v) is 13.4. The Morgan fingerprint density at radius 1 is 1.12 bits per heavy atom. The van der Waals surface area contributed by atoms with Gasteiger partial charge in [0.1, 0.15) is 6.04 Å². The topological polar surface area (TPSA) is 120 Å². The minimum absolute atomic E-state index is 0.00921. The first kappa shape index (κ1) is 22.8. The van der Waals surface area contributed by atoms with Gasteiger partial charge in [-0.25, -0.2) is 0 Å². The molecule has 2 saturated heterocycles. The highest BCUT2D eigenvalue weighted by molar-refractivity contribution is 5.84. The lowest BCUT2D eigenvalue weighted by atomic mass is 9.46. The van der Waals surface area contributed by atoms with E-state index in [4.69, 9.17) is 10.5 Å². The maximum atomic E-state index is 13.6. The molecule has 0 aromatic carbocycles. The highest BCUT2D eigenvalue weighted by Crippen LogP contribution is 2.64. The van der Waals surface area contributed by atoms with Crippen LogP contribution in [0.1, 0.15) is 64.2 Å². The number of carbonyl (C=O) groups excluding carboxylic acids is 1. The van der Waals surface area contributed by atoms with Crippen LogP contribution in [0.3, 0.4) is 0 Å². The average Bonchev–Trinajstić information content (AvgIpc) is 3.47. The number of nitrogens with two attached hydrogens (primary N) is 1. The van der Waals surface area contributed by atoms with E-state index in [2.05, 4.69) is 11.0 Å². The number of piperidine rings is 2. The number of fused-ring (bicyclic) bond motifs is 1. The molecule has 7 aliphatic rings. The summed E-state index contributed by atoms with van der Waals surface area (Å²) in [6.45, 7) is 3.13. The number of nitrogens with zero attached hydrogens (tertiary/aromatic N) is 3. The Kier molecular flexibility index (Phi) is 5.47. The second kappa shape index (κ2) is 8.18. The molecule has 4 bridgehead atoms. The van der Waals surface area contributed by atoms with Crippen molar-refractivity contribution in [3.8, 4) is 6.07 Å². The van der Waals surface area contributed by atoms with Gasteiger partial charge in [0.05, 0.1) is 30.2 Å². The van der Waals surface area contributed by atoms with Crippen LogP contribution in [0.5, 0.6) is 0 Å². The van der Waals surface area contributed by atoms with Crippen LogP contribution in [0, 0.1) is 40.4 Å². The Bertz CT molecular complexity index is 880. The lowest BCUT2D eigenvalue weighted by molar-refractivity contribution is -0.201. The van der Waals surface area contributed by atoms with Crippen LogP contribution in [-0.4, -0.2) is 76.8 Å². The Morgan fingerprint density at radius 3 is 2.47 bits per heavy atom. The van der Waals surface area contributed by atoms with E-state index in [0.29, 0.717) is 37.2 Å². The van der Waals surface area contributed by atoms with Crippen LogP contribution in [0.4, 0.5) is 0 Å². The van der Waals surface area contributed by atoms with Gasteiger partial charge < -0.3 is 25.4 Å². The van der Waals surface area contributed by atoms with Crippen molar-refractivity contribution in [1.29, 1.82) is 5.26 Å². The van der Waals surface area contributed by atoms with Crippen molar-refractivity contribution in [2.24, 2.45) is 34.8 Å². The molecule has 34 heavy (non-hydrogen) atoms. The maximum Gasteiger partial charge on any atom is 0.306 e. The molecule has 186 valence electrons. The van der Waals surface area contributed by atoms with Crippen LogP contribution in [0.25, 0.3) is 0 Å². The molecular formula is C26H38N4O4. The third-order valence-corrected chi connectivity index (χ3v) is 10.2. The predicted molar refractivity (Wildman–Crippen MR) is 123 cm³/mol. The van der Waals surface area contributed by atoms with E-state index in [9.17, 15) is 20.0 Å². The molecule has 0 radical (unpaired) electrons. The molecule has 1 amide bonds. The van der Waals surface area contributed by atoms with Crippen molar-refractivity contribution >= 4 is 11.9 Å². The van der Waals surface area contributed by atoms with Gasteiger partial charge in [0.25, 0.3) is 0 Å². The summed E-state index contributed by atoms with van der Waals surface area (Å²) < 4.78 is 6.68. The number of hydrogen-bond donors (Lipinski definition) is 2. The standard InChI is InChI=1S/C26H38N4O4/c27-14-20-8-19-9-21(19)30(20)23(31)22(28)25-10-16-7-17(11-25)13-26(12-16,15-25)34-6-5-29-3-1-18(2-4-29)24(32)33/h16-22H,1-13,15,28H2,(H,32,33)/t16?,17?,19-,20+,21+,22-,25?,26?/m1/s1. The Balaban J connectivity index is 1.11. The molecule has 8 nitrogen and oxygen atoms in total. The van der Waals surface area contributed by atoms with E-state index in [1.165, 1.54) is 6.42 Å². The number of carbonyl (C=O) groups is 2. The lowest BCUT2D eigenvalue weighted by Crippen LogP contribution is -2.65. The number of ether oxygens (including phenoxy) is 1. The molecule has 0 spiro atoms. The summed E-state index contributed by atoms with van der Waals surface area (Å²) in [6.07, 6.45) is 9.54. The number of carboxylic acid groups (broad SMARTS) is 1. The second-order valence-corrected chi connectivity index (χ2v) is 12.5. The third kappa shape index (κ3) is 3.75. The summed E-state index contributed by atoms with van der Waals surface area (Å²) in [7, 11) is 0. The number of likely N-dealkylation sites (tertiary alicyclic amines) is 2. The molecule has 5 saturated carbocycles. The van der Waals surface area contributed by atoms with E-state index >= 15 is 0 Å². The summed E-state index contributed by atoms with van der Waals surface area (Å²) in [6, 6.07) is 1.76. The molecule has 6 atom stereocenters. The van der Waals surface area contributed by atoms with Crippen molar-refractivity contribution in [2.75, 3.05) is 26.2 Å². The number of carboxylic acids is 1. The van der Waals surface area contributed by atoms with Gasteiger partial charge in [-0.05, 0) is 100 Å². The van der Waals surface area contributed by atoms with Crippen molar-refractivity contribution in [3.63, 3.8) is 0 Å². The maximum absolute atomic E-state index is 13.6. The number of rotatable bonds is 7. The lowest BCUT2D eigenvalue weighted by Gasteiger charge is -2.63. The number of hydrogen-bond acceptors (Lipinski definition) is 6. The number of aliphatic carboxylic acids is 1. The van der Waals surface area contributed by atoms with E-state index in [1.807, 2.05) is 4.90 Å². The quantitative estimate of drug-likeness (QED) is 0.584. The van der Waals surface area contributed by atoms with E-state index in [1.54, 1.807) is 0 Å². The second-order valence-electron chi connectivity index (χ2n) is 12.5. The minimum atomic E-state index is -0.673. The fraction of sp³-hybridized carbons (Fsp3) is 0.885. The van der Waals surface area contributed by atoms with Gasteiger partial charge in [0.15, 0.2) is 0 Å². The van der Waals surface area contributed by atoms with Crippen molar-refractivity contribution in [2.45, 2.75) is 87.9 Å². The van der Waals surface area contributed by atoms with Crippen molar-refractivity contribution in [1.82, 2.24) is 9.80 Å². The largest absolute Gasteiger partial charge is 0.481 e. The first-order valence-electron chi connectivity index (χ1n) is 13.4. The number of amides is 1. The SMILES string of the molecule is N#C[C@@H]1C[C@@H]2C[C@@H]2N1C(=O)[C@@H](N)C12CC3CC(CC(OCCN4CCC(C(=O)O)CC4)(C3)C1)C2. The molecule has 2 heterocycles. The molecule has 2 unspecified atom stereocenters. The molecule has 5 aliphatic carbocycles. The smallest absolute Gasteiger partial charge is 0.306 e. The van der Waals surface area contributed by atoms with Gasteiger partial charge in [-0.15, -0.1) is 0 Å². The van der Waals surface area contributed by atoms with Crippen LogP contribution >= 0.6 is 0 Å². The summed E-state index contributed by atoms with van der Waals surface area (Å²) in [5.41, 5.74) is 6.45. The zero-order chi connectivity index (χ0) is 23.7. The Morgan fingerprint density at radius 2 is 1.82 bits per heavy atom. The van der Waals surface area contributed by atoms with E-state index in [0.717, 1.165) is 64.6 Å². The molecule has 2 aliphatic heterocycles. The van der Waals surface area contributed by atoms with Crippen molar-refractivity contribution in [3.05, 3.63) is 0 Å². The summed E-state index contributed by atoms with van der Waals surface area (Å²) >= 11 is 0. The third-order valence-electron chi connectivity index (χ3n) is 10.2. The van der Waals surface area contributed by atoms with Crippen LogP contribution in [0.15, 0.2) is 0 Å². The van der Waals surface area contributed by atoms with Crippen molar-refractivity contribution < 1.29 is 19.4 Å². The monoisotopic (exact) mass is 470 g/mol. The Labute approximate surface area is 201 Å². The normalized spacial score (nSPS) is 44.0. The minimum Gasteiger partial charge on any atom is -0.481 e. The highest BCUT2D eigenvalue weighted by atomic mass is 16.5. The molecule has 3 N–H and O–H groups in total. The molecule has 7 fully saturated rings. The average molecular weight is 471 g/mol. The van der Waals surface area contributed by atoms with Gasteiger partial charge in [-0.1, -0.05) is 0 Å². The summed E-state index contributed by atoms with van der Waals surface area (Å²) in [4.78, 5) is 29.0. The van der Waals surface area contributed by atoms with Crippen LogP contribution in [0.2, 0.25) is 0 Å². The zero-order valence-corrected chi connectivity index (χ0v) is 20.0. The molecule has 7 rings (SSSR count). The van der Waals surface area contributed by atoms with E-state index < -0.39 is 12.0 Å². The summed E-state index contributed by atoms with van der Waals surface area (Å²) in [5, 5.41) is 18.8. The van der Waals surface area contributed by atoms with Gasteiger partial charge in [-0.2, -0.15) is 5.26 Å². The predicted octanol–water partition coefficient (Wildman–Crippen LogP) is 1.98. The van der Waals surface area contributed by atoms with E-state index in [-0.39, 0.29) is 34.9 Å². The zero-order valence-electron chi connectivity index (χ0n) is 20.0. The fourth-order valence-electron chi connectivity index (χ4n) is 8.89. The van der Waals surface area contributed by atoms with Gasteiger partial charge in [0, 0.05) is 12.6 Å². The molecular weight excluding hydrogens is 432 g/mol. The summed E-state index contributed by atoms with van der Waals surface area (Å²) in [5.74, 6) is 0.785. The first-order chi connectivity index (χ1) is 16.3. The van der Waals surface area contributed by atoms with Crippen LogP contribution < -0.4 is 5.73 Å². The van der Waals surface area contributed by atoms with Gasteiger partial charge in [0.2, 0.25) is 5.91 Å². The Hall–Kier alpha value is -1.69. The highest BCUT2D eigenvalue weighted by Gasteiger charge is 2.63. The molecule has 8 heteroatoms. The van der Waals surface area contributed by atoms with Crippen LogP contribution in [-0.2, 0) is 14.3 Å². The molecule has 0 aromatic heterocycles. The number of nitriles is 1.